The molecule has 0 saturated heterocycles. The van der Waals surface area contributed by atoms with Crippen molar-refractivity contribution in [2.24, 2.45) is 0 Å². The number of urea groups is 1. The van der Waals surface area contributed by atoms with Crippen LogP contribution in [-0.4, -0.2) is 37.7 Å². The highest BCUT2D eigenvalue weighted by atomic mass is 35.5. The molecule has 1 aliphatic heterocycles. The second kappa shape index (κ2) is 5.87. The summed E-state index contributed by atoms with van der Waals surface area (Å²) in [7, 11) is -2.08. The number of fused-ring (bicyclic) bond motifs is 1. The summed E-state index contributed by atoms with van der Waals surface area (Å²) in [6, 6.07) is 4.53. The average Bonchev–Trinajstić information content (AvgIpc) is 2.50. The number of benzene rings is 1. The van der Waals surface area contributed by atoms with E-state index in [2.05, 4.69) is 9.97 Å². The molecule has 0 atom stereocenters. The van der Waals surface area contributed by atoms with Crippen molar-refractivity contribution in [1.82, 2.24) is 9.97 Å². The van der Waals surface area contributed by atoms with Gasteiger partial charge in [-0.15, -0.1) is 0 Å². The summed E-state index contributed by atoms with van der Waals surface area (Å²) in [4.78, 5) is 23.2. The Kier molecular flexibility index (Phi) is 4.15. The van der Waals surface area contributed by atoms with Crippen LogP contribution in [-0.2, 0) is 16.4 Å². The minimum absolute atomic E-state index is 0.131. The zero-order chi connectivity index (χ0) is 17.6. The summed E-state index contributed by atoms with van der Waals surface area (Å²) in [5.74, 6) is 0.245. The number of para-hydroxylation sites is 1. The number of hydrogen-bond acceptors (Lipinski definition) is 5. The third kappa shape index (κ3) is 2.81. The number of rotatable bonds is 2. The first kappa shape index (κ1) is 16.9. The number of carbonyl (C=O) groups excluding carboxylic acids is 1. The summed E-state index contributed by atoms with van der Waals surface area (Å²) in [5.41, 5.74) is 0.969. The van der Waals surface area contributed by atoms with Crippen LogP contribution in [0.3, 0.4) is 0 Å². The molecule has 0 spiro atoms. The molecule has 0 radical (unpaired) electrons. The van der Waals surface area contributed by atoms with E-state index in [0.29, 0.717) is 21.3 Å². The minimum atomic E-state index is -3.57. The molecular formula is C14H12Cl2N4O3S. The van der Waals surface area contributed by atoms with Gasteiger partial charge in [0, 0.05) is 25.1 Å². The van der Waals surface area contributed by atoms with Gasteiger partial charge in [0.25, 0.3) is 0 Å². The molecule has 0 unspecified atom stereocenters. The van der Waals surface area contributed by atoms with Crippen LogP contribution < -0.4 is 9.80 Å². The third-order valence-electron chi connectivity index (χ3n) is 3.52. The summed E-state index contributed by atoms with van der Waals surface area (Å²) in [6.45, 7) is 0.131. The van der Waals surface area contributed by atoms with Crippen molar-refractivity contribution in [3.63, 3.8) is 0 Å². The fourth-order valence-electron chi connectivity index (χ4n) is 2.39. The quantitative estimate of drug-likeness (QED) is 0.740. The highest BCUT2D eigenvalue weighted by Gasteiger charge is 2.33. The molecule has 7 nitrogen and oxygen atoms in total. The molecule has 1 aromatic carbocycles. The molecule has 1 aliphatic rings. The zero-order valence-corrected chi connectivity index (χ0v) is 15.0. The van der Waals surface area contributed by atoms with Crippen molar-refractivity contribution in [2.45, 2.75) is 11.7 Å². The van der Waals surface area contributed by atoms with E-state index in [4.69, 9.17) is 23.2 Å². The number of sulfone groups is 1. The van der Waals surface area contributed by atoms with Gasteiger partial charge >= 0.3 is 6.03 Å². The maximum absolute atomic E-state index is 12.7. The smallest absolute Gasteiger partial charge is 0.286 e. The van der Waals surface area contributed by atoms with Crippen LogP contribution in [0, 0.1) is 0 Å². The Hall–Kier alpha value is -1.90. The predicted molar refractivity (Wildman–Crippen MR) is 91.6 cm³/mol. The van der Waals surface area contributed by atoms with Gasteiger partial charge in [0.1, 0.15) is 5.82 Å². The number of nitrogens with zero attached hydrogens (tertiary/aromatic N) is 4. The van der Waals surface area contributed by atoms with Gasteiger partial charge in [-0.3, -0.25) is 9.80 Å². The minimum Gasteiger partial charge on any atom is -0.286 e. The predicted octanol–water partition coefficient (Wildman–Crippen LogP) is 2.76. The fraction of sp³-hybridized carbons (Fsp3) is 0.214. The van der Waals surface area contributed by atoms with Gasteiger partial charge in [-0.1, -0.05) is 29.3 Å². The van der Waals surface area contributed by atoms with Crippen molar-refractivity contribution < 1.29 is 13.2 Å². The van der Waals surface area contributed by atoms with Crippen LogP contribution in [0.1, 0.15) is 5.56 Å². The van der Waals surface area contributed by atoms with E-state index in [1.807, 2.05) is 0 Å². The van der Waals surface area contributed by atoms with E-state index in [9.17, 15) is 13.2 Å². The molecule has 126 valence electrons. The molecule has 2 heterocycles. The van der Waals surface area contributed by atoms with Crippen molar-refractivity contribution in [3.05, 3.63) is 40.0 Å². The fourth-order valence-corrected chi connectivity index (χ4v) is 3.49. The standard InChI is InChI=1S/C14H12Cl2N4O3S/c1-19-12-8(6-17-13(18-12)24(2,22)23)7-20(14(19)21)11-9(15)4-3-5-10(11)16/h3-6H,7H2,1-2H3. The van der Waals surface area contributed by atoms with E-state index in [1.54, 1.807) is 18.2 Å². The summed E-state index contributed by atoms with van der Waals surface area (Å²) < 4.78 is 23.2. The molecule has 3 rings (SSSR count). The van der Waals surface area contributed by atoms with Crippen LogP contribution in [0.25, 0.3) is 0 Å². The molecule has 0 saturated carbocycles. The SMILES string of the molecule is CN1C(=O)N(c2c(Cl)cccc2Cl)Cc2cnc(S(C)(=O)=O)nc21. The number of hydrogen-bond donors (Lipinski definition) is 0. The molecule has 0 aliphatic carbocycles. The van der Waals surface area contributed by atoms with Crippen molar-refractivity contribution in [1.29, 1.82) is 0 Å². The van der Waals surface area contributed by atoms with Crippen molar-refractivity contribution >= 4 is 50.6 Å². The Morgan fingerprint density at radius 3 is 2.42 bits per heavy atom. The first-order valence-corrected chi connectivity index (χ1v) is 9.40. The Morgan fingerprint density at radius 2 is 1.83 bits per heavy atom. The summed E-state index contributed by atoms with van der Waals surface area (Å²) in [6.07, 6.45) is 2.40. The number of aromatic nitrogens is 2. The number of halogens is 2. The molecule has 0 bridgehead atoms. The van der Waals surface area contributed by atoms with Crippen LogP contribution >= 0.6 is 23.2 Å². The largest absolute Gasteiger partial charge is 0.330 e. The normalized spacial score (nSPS) is 14.8. The van der Waals surface area contributed by atoms with Gasteiger partial charge in [-0.2, -0.15) is 0 Å². The summed E-state index contributed by atoms with van der Waals surface area (Å²) in [5, 5.41) is 0.341. The summed E-state index contributed by atoms with van der Waals surface area (Å²) >= 11 is 12.4. The first-order chi connectivity index (χ1) is 11.2. The van der Waals surface area contributed by atoms with Crippen LogP contribution in [0.2, 0.25) is 10.0 Å². The van der Waals surface area contributed by atoms with Crippen molar-refractivity contribution in [2.75, 3.05) is 23.1 Å². The lowest BCUT2D eigenvalue weighted by molar-refractivity contribution is 0.251. The molecule has 24 heavy (non-hydrogen) atoms. The van der Waals surface area contributed by atoms with E-state index in [-0.39, 0.29) is 17.5 Å². The molecule has 2 amide bonds. The van der Waals surface area contributed by atoms with E-state index in [0.717, 1.165) is 6.26 Å². The second-order valence-corrected chi connectivity index (χ2v) is 8.00. The molecule has 0 N–H and O–H groups in total. The number of amides is 2. The van der Waals surface area contributed by atoms with Gasteiger partial charge in [0.05, 0.1) is 22.3 Å². The Labute approximate surface area is 148 Å². The molecule has 10 heteroatoms. The second-order valence-electron chi connectivity index (χ2n) is 5.27. The zero-order valence-electron chi connectivity index (χ0n) is 12.7. The van der Waals surface area contributed by atoms with E-state index >= 15 is 0 Å². The highest BCUT2D eigenvalue weighted by Crippen LogP contribution is 2.38. The Bertz CT molecular complexity index is 929. The molecular weight excluding hydrogens is 375 g/mol. The lowest BCUT2D eigenvalue weighted by Gasteiger charge is -2.34. The number of carbonyl (C=O) groups is 1. The number of anilines is 2. The maximum atomic E-state index is 12.7. The van der Waals surface area contributed by atoms with E-state index < -0.39 is 15.9 Å². The van der Waals surface area contributed by atoms with E-state index in [1.165, 1.54) is 23.0 Å². The van der Waals surface area contributed by atoms with Gasteiger partial charge < -0.3 is 0 Å². The maximum Gasteiger partial charge on any atom is 0.330 e. The van der Waals surface area contributed by atoms with Crippen LogP contribution in [0.4, 0.5) is 16.3 Å². The molecule has 0 fully saturated rings. The van der Waals surface area contributed by atoms with Gasteiger partial charge in [-0.25, -0.2) is 23.2 Å². The van der Waals surface area contributed by atoms with Gasteiger partial charge in [0.15, 0.2) is 0 Å². The molecule has 1 aromatic heterocycles. The third-order valence-corrected chi connectivity index (χ3v) is 4.99. The average molecular weight is 387 g/mol. The lowest BCUT2D eigenvalue weighted by Crippen LogP contribution is -2.46. The highest BCUT2D eigenvalue weighted by molar-refractivity contribution is 7.90. The van der Waals surface area contributed by atoms with Crippen LogP contribution in [0.15, 0.2) is 29.6 Å². The van der Waals surface area contributed by atoms with Crippen molar-refractivity contribution in [3.8, 4) is 0 Å². The first-order valence-electron chi connectivity index (χ1n) is 6.75. The van der Waals surface area contributed by atoms with Gasteiger partial charge in [-0.05, 0) is 12.1 Å². The van der Waals surface area contributed by atoms with Gasteiger partial charge in [0.2, 0.25) is 15.0 Å². The Morgan fingerprint density at radius 1 is 1.21 bits per heavy atom. The molecule has 2 aromatic rings. The lowest BCUT2D eigenvalue weighted by atomic mass is 10.2. The Balaban J connectivity index is 2.11. The van der Waals surface area contributed by atoms with Crippen LogP contribution in [0.5, 0.6) is 0 Å². The monoisotopic (exact) mass is 386 g/mol. The topological polar surface area (TPSA) is 83.5 Å².